The van der Waals surface area contributed by atoms with E-state index in [0.717, 1.165) is 17.7 Å². The van der Waals surface area contributed by atoms with Crippen molar-refractivity contribution in [2.45, 2.75) is 39.7 Å². The number of halogens is 2. The second kappa shape index (κ2) is 13.9. The minimum absolute atomic E-state index is 0.360. The lowest BCUT2D eigenvalue weighted by Gasteiger charge is -2.19. The molecule has 3 N–H and O–H groups in total. The molecule has 0 aliphatic rings. The van der Waals surface area contributed by atoms with Gasteiger partial charge in [-0.3, -0.25) is 14.4 Å². The maximum absolute atomic E-state index is 12.2. The van der Waals surface area contributed by atoms with Crippen LogP contribution in [0.5, 0.6) is 11.5 Å². The van der Waals surface area contributed by atoms with E-state index in [4.69, 9.17) is 9.47 Å². The van der Waals surface area contributed by atoms with E-state index in [2.05, 4.69) is 67.9 Å². The van der Waals surface area contributed by atoms with Gasteiger partial charge < -0.3 is 25.4 Å². The summed E-state index contributed by atoms with van der Waals surface area (Å²) >= 11 is 6.89. The molecule has 0 saturated carbocycles. The van der Waals surface area contributed by atoms with Crippen molar-refractivity contribution < 1.29 is 23.9 Å². The largest absolute Gasteiger partial charge is 0.459 e. The van der Waals surface area contributed by atoms with E-state index in [1.165, 1.54) is 0 Å². The molecule has 0 aliphatic heterocycles. The van der Waals surface area contributed by atoms with Crippen molar-refractivity contribution in [1.82, 2.24) is 5.32 Å². The van der Waals surface area contributed by atoms with Gasteiger partial charge in [-0.05, 0) is 94.9 Å². The van der Waals surface area contributed by atoms with E-state index in [1.54, 1.807) is 32.9 Å². The Labute approximate surface area is 223 Å². The van der Waals surface area contributed by atoms with Crippen LogP contribution in [0, 0.1) is 0 Å². The number of ether oxygens (including phenoxy) is 2. The van der Waals surface area contributed by atoms with Crippen molar-refractivity contribution in [3.05, 3.63) is 58.0 Å². The second-order valence-electron chi connectivity index (χ2n) is 8.02. The molecule has 0 spiro atoms. The van der Waals surface area contributed by atoms with E-state index in [-0.39, 0.29) is 0 Å². The number of amides is 2. The summed E-state index contributed by atoms with van der Waals surface area (Å²) in [4.78, 5) is 35.9. The summed E-state index contributed by atoms with van der Waals surface area (Å²) in [5.41, 5.74) is 1.83. The number of nitrogens with one attached hydrogen (secondary N) is 3. The molecule has 0 unspecified atom stereocenters. The molecule has 0 aromatic heterocycles. The molecule has 0 saturated heterocycles. The van der Waals surface area contributed by atoms with Crippen LogP contribution in [0.25, 0.3) is 0 Å². The molecule has 8 nitrogen and oxygen atoms in total. The second-order valence-corrected chi connectivity index (χ2v) is 9.73. The van der Waals surface area contributed by atoms with E-state index in [0.29, 0.717) is 26.1 Å². The molecule has 2 rings (SSSR count). The van der Waals surface area contributed by atoms with Gasteiger partial charge >= 0.3 is 17.8 Å². The van der Waals surface area contributed by atoms with Gasteiger partial charge in [0.25, 0.3) is 0 Å². The van der Waals surface area contributed by atoms with Crippen molar-refractivity contribution in [1.29, 1.82) is 0 Å². The molecular formula is C25H31Br2N3O5. The van der Waals surface area contributed by atoms with Crippen LogP contribution in [0.2, 0.25) is 0 Å². The molecular weight excluding hydrogens is 582 g/mol. The SMILES string of the molecule is C=C.CCc1cc(Oc2c(Br)cc(NC(=O)C(=O)NCC(=O)OC(C)(C)C)cc2Br)ccc1NC. The lowest BCUT2D eigenvalue weighted by molar-refractivity contribution is -0.154. The highest BCUT2D eigenvalue weighted by molar-refractivity contribution is 9.11. The highest BCUT2D eigenvalue weighted by Crippen LogP contribution is 2.40. The number of esters is 1. The molecule has 0 radical (unpaired) electrons. The zero-order valence-electron chi connectivity index (χ0n) is 20.5. The third-order valence-corrected chi connectivity index (χ3v) is 5.40. The van der Waals surface area contributed by atoms with E-state index in [1.807, 2.05) is 25.2 Å². The fourth-order valence-electron chi connectivity index (χ4n) is 2.82. The number of benzene rings is 2. The highest BCUT2D eigenvalue weighted by Gasteiger charge is 2.20. The summed E-state index contributed by atoms with van der Waals surface area (Å²) in [5.74, 6) is -1.33. The van der Waals surface area contributed by atoms with Crippen LogP contribution in [0.15, 0.2) is 52.4 Å². The molecule has 2 aromatic carbocycles. The van der Waals surface area contributed by atoms with Crippen molar-refractivity contribution >= 4 is 61.0 Å². The number of rotatable bonds is 7. The number of carbonyl (C=O) groups is 3. The Bertz CT molecular complexity index is 1040. The Kier molecular flexibility index (Phi) is 12.0. The van der Waals surface area contributed by atoms with Gasteiger partial charge in [0.2, 0.25) is 0 Å². The quantitative estimate of drug-likeness (QED) is 0.207. The molecule has 35 heavy (non-hydrogen) atoms. The average Bonchev–Trinajstić information content (AvgIpc) is 2.79. The van der Waals surface area contributed by atoms with Gasteiger partial charge in [0, 0.05) is 18.4 Å². The summed E-state index contributed by atoms with van der Waals surface area (Å²) in [5, 5.41) is 7.88. The molecule has 2 amide bonds. The Morgan fingerprint density at radius 2 is 1.60 bits per heavy atom. The predicted octanol–water partition coefficient (Wildman–Crippen LogP) is 5.81. The molecule has 0 bridgehead atoms. The van der Waals surface area contributed by atoms with Crippen LogP contribution in [-0.2, 0) is 25.5 Å². The Hall–Kier alpha value is -2.85. The van der Waals surface area contributed by atoms with Gasteiger partial charge in [-0.2, -0.15) is 0 Å². The van der Waals surface area contributed by atoms with E-state index >= 15 is 0 Å². The molecule has 0 heterocycles. The maximum atomic E-state index is 12.2. The van der Waals surface area contributed by atoms with Crippen molar-refractivity contribution in [2.24, 2.45) is 0 Å². The van der Waals surface area contributed by atoms with Gasteiger partial charge in [-0.25, -0.2) is 0 Å². The van der Waals surface area contributed by atoms with Gasteiger partial charge in [0.15, 0.2) is 5.75 Å². The summed E-state index contributed by atoms with van der Waals surface area (Å²) < 4.78 is 12.3. The van der Waals surface area contributed by atoms with Gasteiger partial charge in [-0.15, -0.1) is 13.2 Å². The zero-order chi connectivity index (χ0) is 26.8. The Morgan fingerprint density at radius 3 is 2.11 bits per heavy atom. The molecule has 190 valence electrons. The van der Waals surface area contributed by atoms with Crippen LogP contribution in [0.1, 0.15) is 33.3 Å². The van der Waals surface area contributed by atoms with Crippen molar-refractivity contribution in [3.8, 4) is 11.5 Å². The summed E-state index contributed by atoms with van der Waals surface area (Å²) in [6.07, 6.45) is 0.844. The third kappa shape index (κ3) is 9.73. The topological polar surface area (TPSA) is 106 Å². The minimum atomic E-state index is -0.954. The lowest BCUT2D eigenvalue weighted by atomic mass is 10.1. The van der Waals surface area contributed by atoms with Gasteiger partial charge in [0.1, 0.15) is 17.9 Å². The van der Waals surface area contributed by atoms with Crippen LogP contribution in [-0.4, -0.2) is 37.0 Å². The first-order valence-electron chi connectivity index (χ1n) is 10.7. The summed E-state index contributed by atoms with van der Waals surface area (Å²) in [7, 11) is 1.87. The molecule has 0 fully saturated rings. The van der Waals surface area contributed by atoms with Crippen LogP contribution in [0.4, 0.5) is 11.4 Å². The van der Waals surface area contributed by atoms with Gasteiger partial charge in [-0.1, -0.05) is 6.92 Å². The van der Waals surface area contributed by atoms with Crippen LogP contribution in [0.3, 0.4) is 0 Å². The summed E-state index contributed by atoms with van der Waals surface area (Å²) in [6, 6.07) is 8.98. The molecule has 0 atom stereocenters. The van der Waals surface area contributed by atoms with E-state index in [9.17, 15) is 14.4 Å². The van der Waals surface area contributed by atoms with Crippen LogP contribution >= 0.6 is 31.9 Å². The van der Waals surface area contributed by atoms with Crippen molar-refractivity contribution in [3.63, 3.8) is 0 Å². The molecule has 0 aliphatic carbocycles. The monoisotopic (exact) mass is 611 g/mol. The number of hydrogen-bond acceptors (Lipinski definition) is 6. The molecule has 10 heteroatoms. The Balaban J connectivity index is 0.00000298. The minimum Gasteiger partial charge on any atom is -0.459 e. The van der Waals surface area contributed by atoms with Gasteiger partial charge in [0.05, 0.1) is 8.95 Å². The first kappa shape index (κ1) is 30.2. The average molecular weight is 613 g/mol. The normalized spacial score (nSPS) is 10.4. The Morgan fingerprint density at radius 1 is 1.00 bits per heavy atom. The smallest absolute Gasteiger partial charge is 0.325 e. The van der Waals surface area contributed by atoms with Crippen molar-refractivity contribution in [2.75, 3.05) is 24.2 Å². The fraction of sp³-hybridized carbons (Fsp3) is 0.320. The fourth-order valence-corrected chi connectivity index (χ4v) is 4.16. The molecule has 2 aromatic rings. The number of carbonyl (C=O) groups excluding carboxylic acids is 3. The number of hydrogen-bond donors (Lipinski definition) is 3. The van der Waals surface area contributed by atoms with Crippen LogP contribution < -0.4 is 20.7 Å². The summed E-state index contributed by atoms with van der Waals surface area (Å²) in [6.45, 7) is 12.8. The highest BCUT2D eigenvalue weighted by atomic mass is 79.9. The lowest BCUT2D eigenvalue weighted by Crippen LogP contribution is -2.40. The van der Waals surface area contributed by atoms with E-state index < -0.39 is 29.9 Å². The zero-order valence-corrected chi connectivity index (χ0v) is 23.7. The third-order valence-electron chi connectivity index (χ3n) is 4.22. The first-order valence-corrected chi connectivity index (χ1v) is 12.3. The standard InChI is InChI=1S/C23H27Br2N3O5.C2H4/c1-6-13-9-15(7-8-18(13)26-5)32-20-16(24)10-14(11-17(20)25)28-22(31)21(30)27-12-19(29)33-23(2,3)4;1-2/h7-11,26H,6,12H2,1-5H3,(H,27,30)(H,28,31);1-2H2. The first-order chi connectivity index (χ1) is 16.4. The predicted molar refractivity (Wildman–Crippen MR) is 146 cm³/mol. The number of anilines is 2. The maximum Gasteiger partial charge on any atom is 0.325 e. The number of aryl methyl sites for hydroxylation is 1.